The van der Waals surface area contributed by atoms with E-state index in [2.05, 4.69) is 0 Å². The summed E-state index contributed by atoms with van der Waals surface area (Å²) < 4.78 is 2.52. The molecule has 0 amide bonds. The normalized spacial score (nSPS) is 10.4. The van der Waals surface area contributed by atoms with Gasteiger partial charge in [0.25, 0.3) is 0 Å². The van der Waals surface area contributed by atoms with Crippen LogP contribution in [0.3, 0.4) is 0 Å². The molecule has 0 aliphatic rings. The third-order valence-electron chi connectivity index (χ3n) is 2.59. The largest absolute Gasteiger partial charge is 0.477 e. The van der Waals surface area contributed by atoms with Gasteiger partial charge in [-0.25, -0.2) is 9.59 Å². The van der Waals surface area contributed by atoms with Gasteiger partial charge in [0.2, 0.25) is 0 Å². The Morgan fingerprint density at radius 2 is 1.94 bits per heavy atom. The van der Waals surface area contributed by atoms with E-state index < -0.39 is 5.97 Å². The fraction of sp³-hybridized carbons (Fsp3) is 0.167. The third-order valence-corrected chi connectivity index (χ3v) is 2.59. The second-order valence-electron chi connectivity index (χ2n) is 3.77. The molecule has 5 nitrogen and oxygen atoms in total. The van der Waals surface area contributed by atoms with Gasteiger partial charge in [-0.05, 0) is 5.56 Å². The molecule has 5 heteroatoms. The van der Waals surface area contributed by atoms with Gasteiger partial charge in [0.15, 0.2) is 0 Å². The topological polar surface area (TPSA) is 64.2 Å². The molecule has 17 heavy (non-hydrogen) atoms. The zero-order chi connectivity index (χ0) is 12.4. The monoisotopic (exact) mass is 232 g/mol. The number of aromatic carboxylic acids is 1. The van der Waals surface area contributed by atoms with E-state index in [4.69, 9.17) is 5.11 Å². The highest BCUT2D eigenvalue weighted by atomic mass is 16.4. The zero-order valence-electron chi connectivity index (χ0n) is 9.33. The van der Waals surface area contributed by atoms with Crippen molar-refractivity contribution < 1.29 is 9.90 Å². The Morgan fingerprint density at radius 1 is 1.29 bits per heavy atom. The minimum atomic E-state index is -1.10. The summed E-state index contributed by atoms with van der Waals surface area (Å²) in [5.41, 5.74) is 0.620. The predicted molar refractivity (Wildman–Crippen MR) is 62.2 cm³/mol. The van der Waals surface area contributed by atoms with E-state index in [1.54, 1.807) is 0 Å². The average molecular weight is 232 g/mol. The smallest absolute Gasteiger partial charge is 0.354 e. The van der Waals surface area contributed by atoms with Crippen LogP contribution in [0.25, 0.3) is 0 Å². The molecule has 0 saturated heterocycles. The molecule has 1 aromatic carbocycles. The third kappa shape index (κ3) is 2.13. The minimum absolute atomic E-state index is 0.00840. The van der Waals surface area contributed by atoms with Crippen molar-refractivity contribution in [3.8, 4) is 0 Å². The summed E-state index contributed by atoms with van der Waals surface area (Å²) in [5.74, 6) is -1.10. The Bertz CT molecular complexity index is 596. The number of hydrogen-bond acceptors (Lipinski definition) is 2. The summed E-state index contributed by atoms with van der Waals surface area (Å²) in [6.07, 6.45) is 1.36. The molecule has 0 aliphatic heterocycles. The number of benzene rings is 1. The highest BCUT2D eigenvalue weighted by Gasteiger charge is 2.13. The van der Waals surface area contributed by atoms with Crippen molar-refractivity contribution in [2.75, 3.05) is 0 Å². The number of hydrogen-bond donors (Lipinski definition) is 1. The van der Waals surface area contributed by atoms with Crippen LogP contribution in [0.2, 0.25) is 0 Å². The van der Waals surface area contributed by atoms with Gasteiger partial charge in [0.1, 0.15) is 5.69 Å². The molecule has 2 aromatic rings. The number of nitrogens with zero attached hydrogens (tertiary/aromatic N) is 2. The summed E-state index contributed by atoms with van der Waals surface area (Å²) >= 11 is 0. The van der Waals surface area contributed by atoms with Gasteiger partial charge in [0, 0.05) is 13.2 Å². The number of imidazole rings is 1. The van der Waals surface area contributed by atoms with Crippen molar-refractivity contribution in [1.82, 2.24) is 9.13 Å². The first-order chi connectivity index (χ1) is 8.09. The lowest BCUT2D eigenvalue weighted by Gasteiger charge is -2.00. The molecular formula is C12H12N2O3. The maximum atomic E-state index is 11.8. The molecule has 0 unspecified atom stereocenters. The molecule has 0 aliphatic carbocycles. The Morgan fingerprint density at radius 3 is 2.47 bits per heavy atom. The lowest BCUT2D eigenvalue weighted by molar-refractivity contribution is 0.0686. The van der Waals surface area contributed by atoms with E-state index in [1.807, 2.05) is 30.3 Å². The number of carboxylic acid groups (broad SMARTS) is 1. The molecule has 0 fully saturated rings. The van der Waals surface area contributed by atoms with Crippen LogP contribution in [0.5, 0.6) is 0 Å². The zero-order valence-corrected chi connectivity index (χ0v) is 9.33. The maximum Gasteiger partial charge on any atom is 0.354 e. The summed E-state index contributed by atoms with van der Waals surface area (Å²) in [5, 5.41) is 8.90. The molecule has 0 spiro atoms. The van der Waals surface area contributed by atoms with Crippen molar-refractivity contribution in [2.45, 2.75) is 6.54 Å². The summed E-state index contributed by atoms with van der Waals surface area (Å²) in [4.78, 5) is 22.6. The van der Waals surface area contributed by atoms with E-state index in [-0.39, 0.29) is 11.4 Å². The molecule has 0 bridgehead atoms. The van der Waals surface area contributed by atoms with Crippen LogP contribution in [0.15, 0.2) is 41.3 Å². The highest BCUT2D eigenvalue weighted by molar-refractivity contribution is 5.85. The Labute approximate surface area is 97.5 Å². The molecule has 88 valence electrons. The number of carbonyl (C=O) groups is 1. The van der Waals surface area contributed by atoms with Crippen molar-refractivity contribution in [3.63, 3.8) is 0 Å². The Hall–Kier alpha value is -2.30. The van der Waals surface area contributed by atoms with Gasteiger partial charge in [-0.1, -0.05) is 30.3 Å². The van der Waals surface area contributed by atoms with Gasteiger partial charge in [-0.3, -0.25) is 9.13 Å². The van der Waals surface area contributed by atoms with Crippen molar-refractivity contribution in [2.24, 2.45) is 7.05 Å². The molecule has 0 radical (unpaired) electrons. The minimum Gasteiger partial charge on any atom is -0.477 e. The summed E-state index contributed by atoms with van der Waals surface area (Å²) in [6, 6.07) is 9.42. The lowest BCUT2D eigenvalue weighted by atomic mass is 10.2. The van der Waals surface area contributed by atoms with Crippen LogP contribution >= 0.6 is 0 Å². The van der Waals surface area contributed by atoms with E-state index in [1.165, 1.54) is 17.8 Å². The van der Waals surface area contributed by atoms with E-state index >= 15 is 0 Å². The van der Waals surface area contributed by atoms with E-state index in [0.29, 0.717) is 6.54 Å². The fourth-order valence-corrected chi connectivity index (χ4v) is 1.68. The summed E-state index contributed by atoms with van der Waals surface area (Å²) in [6.45, 7) is 0.376. The average Bonchev–Trinajstić information content (AvgIpc) is 2.59. The standard InChI is InChI=1S/C12H12N2O3/c1-13-10(11(15)16)8-14(12(13)17)7-9-5-3-2-4-6-9/h2-6,8H,7H2,1H3,(H,15,16). The number of carboxylic acids is 1. The number of aromatic nitrogens is 2. The number of rotatable bonds is 3. The summed E-state index contributed by atoms with van der Waals surface area (Å²) in [7, 11) is 1.45. The van der Waals surface area contributed by atoms with Gasteiger partial charge >= 0.3 is 11.7 Å². The molecule has 0 saturated carbocycles. The first-order valence-electron chi connectivity index (χ1n) is 5.13. The Balaban J connectivity index is 2.38. The van der Waals surface area contributed by atoms with Crippen LogP contribution in [-0.2, 0) is 13.6 Å². The van der Waals surface area contributed by atoms with Crippen molar-refractivity contribution in [1.29, 1.82) is 0 Å². The van der Waals surface area contributed by atoms with Gasteiger partial charge < -0.3 is 5.11 Å². The first kappa shape index (κ1) is 11.2. The van der Waals surface area contributed by atoms with Gasteiger partial charge in [-0.15, -0.1) is 0 Å². The van der Waals surface area contributed by atoms with E-state index in [0.717, 1.165) is 10.1 Å². The van der Waals surface area contributed by atoms with E-state index in [9.17, 15) is 9.59 Å². The second-order valence-corrected chi connectivity index (χ2v) is 3.77. The first-order valence-corrected chi connectivity index (χ1v) is 5.13. The highest BCUT2D eigenvalue weighted by Crippen LogP contribution is 2.02. The SMILES string of the molecule is Cn1c(C(=O)O)cn(Cc2ccccc2)c1=O. The fourth-order valence-electron chi connectivity index (χ4n) is 1.68. The Kier molecular flexibility index (Phi) is 2.82. The molecule has 1 aromatic heterocycles. The molecule has 1 N–H and O–H groups in total. The van der Waals surface area contributed by atoms with Crippen LogP contribution < -0.4 is 5.69 Å². The predicted octanol–water partition coefficient (Wildman–Crippen LogP) is 0.933. The molecule has 0 atom stereocenters. The van der Waals surface area contributed by atoms with Crippen LogP contribution in [0.1, 0.15) is 16.1 Å². The van der Waals surface area contributed by atoms with Crippen LogP contribution in [-0.4, -0.2) is 20.2 Å². The van der Waals surface area contributed by atoms with Gasteiger partial charge in [0.05, 0.1) is 6.54 Å². The molecule has 1 heterocycles. The van der Waals surface area contributed by atoms with Crippen LogP contribution in [0.4, 0.5) is 0 Å². The van der Waals surface area contributed by atoms with Crippen LogP contribution in [0, 0.1) is 0 Å². The molecule has 2 rings (SSSR count). The quantitative estimate of drug-likeness (QED) is 0.856. The molecular weight excluding hydrogens is 220 g/mol. The van der Waals surface area contributed by atoms with Gasteiger partial charge in [-0.2, -0.15) is 0 Å². The lowest BCUT2D eigenvalue weighted by Crippen LogP contribution is -2.23. The maximum absolute atomic E-state index is 11.8. The second kappa shape index (κ2) is 4.29. The van der Waals surface area contributed by atoms with Crippen molar-refractivity contribution in [3.05, 3.63) is 58.3 Å². The van der Waals surface area contributed by atoms with Crippen molar-refractivity contribution >= 4 is 5.97 Å².